The van der Waals surface area contributed by atoms with Gasteiger partial charge in [-0.15, -0.1) is 0 Å². The predicted octanol–water partition coefficient (Wildman–Crippen LogP) is 4.41. The van der Waals surface area contributed by atoms with E-state index in [-0.39, 0.29) is 23.6 Å². The van der Waals surface area contributed by atoms with E-state index in [1.807, 2.05) is 12.4 Å². The smallest absolute Gasteiger partial charge is 0.227 e. The lowest BCUT2D eigenvalue weighted by Gasteiger charge is -2.32. The molecule has 0 unspecified atom stereocenters. The molecule has 0 bridgehead atoms. The van der Waals surface area contributed by atoms with Crippen molar-refractivity contribution >= 4 is 11.9 Å². The largest absolute Gasteiger partial charge is 0.493 e. The number of carbonyl (C=O) groups is 1. The van der Waals surface area contributed by atoms with Gasteiger partial charge in [0.1, 0.15) is 17.4 Å². The van der Waals surface area contributed by atoms with E-state index in [1.165, 1.54) is 18.6 Å². The van der Waals surface area contributed by atoms with Crippen molar-refractivity contribution in [1.29, 1.82) is 0 Å². The molecular weight excluding hydrogens is 450 g/mol. The third-order valence-electron chi connectivity index (χ3n) is 7.91. The zero-order valence-corrected chi connectivity index (χ0v) is 20.4. The second kappa shape index (κ2) is 10.5. The monoisotopic (exact) mass is 484 g/mol. The fourth-order valence-corrected chi connectivity index (χ4v) is 5.39. The standard InChI is InChI=1S/C27H34F2N4O2/c1-2-18-16-30-27(31-17-18)33-9-4-19(5-10-33)22-12-20(22)6-11-35-21-13-24(28)23(25(29)14-21)15-26(34)32-7-3-8-32/h13-14,16-17,19-20,22H,2-12,15H2,1H3/t20-,22-/m0/s1. The van der Waals surface area contributed by atoms with Gasteiger partial charge in [0.25, 0.3) is 0 Å². The number of likely N-dealkylation sites (tertiary alicyclic amines) is 1. The first kappa shape index (κ1) is 23.9. The zero-order valence-electron chi connectivity index (χ0n) is 20.4. The van der Waals surface area contributed by atoms with Crippen LogP contribution in [-0.4, -0.2) is 53.6 Å². The lowest BCUT2D eigenvalue weighted by molar-refractivity contribution is -0.133. The molecule has 1 aliphatic carbocycles. The molecule has 6 nitrogen and oxygen atoms in total. The van der Waals surface area contributed by atoms with E-state index >= 15 is 0 Å². The number of anilines is 1. The summed E-state index contributed by atoms with van der Waals surface area (Å²) in [6.07, 6.45) is 9.89. The van der Waals surface area contributed by atoms with Crippen LogP contribution < -0.4 is 9.64 Å². The minimum Gasteiger partial charge on any atom is -0.493 e. The van der Waals surface area contributed by atoms with Crippen molar-refractivity contribution in [2.75, 3.05) is 37.7 Å². The van der Waals surface area contributed by atoms with Crippen LogP contribution in [-0.2, 0) is 17.6 Å². The number of nitrogens with zero attached hydrogens (tertiary/aromatic N) is 4. The second-order valence-corrected chi connectivity index (χ2v) is 10.1. The Morgan fingerprint density at radius 1 is 1.09 bits per heavy atom. The van der Waals surface area contributed by atoms with Crippen molar-refractivity contribution < 1.29 is 18.3 Å². The molecule has 3 aliphatic rings. The number of hydrogen-bond donors (Lipinski definition) is 0. The Bertz CT molecular complexity index is 1010. The number of aryl methyl sites for hydroxylation is 1. The van der Waals surface area contributed by atoms with Crippen LogP contribution in [0.25, 0.3) is 0 Å². The first-order valence-electron chi connectivity index (χ1n) is 13.0. The molecule has 2 aromatic rings. The fraction of sp³-hybridized carbons (Fsp3) is 0.593. The number of piperidine rings is 1. The minimum absolute atomic E-state index is 0.172. The summed E-state index contributed by atoms with van der Waals surface area (Å²) in [7, 11) is 0. The van der Waals surface area contributed by atoms with Gasteiger partial charge in [0, 0.05) is 56.3 Å². The molecule has 35 heavy (non-hydrogen) atoms. The van der Waals surface area contributed by atoms with Gasteiger partial charge in [-0.25, -0.2) is 18.7 Å². The molecule has 3 fully saturated rings. The lowest BCUT2D eigenvalue weighted by Crippen LogP contribution is -2.43. The minimum atomic E-state index is -0.710. The van der Waals surface area contributed by atoms with Gasteiger partial charge in [-0.1, -0.05) is 6.92 Å². The Morgan fingerprint density at radius 2 is 1.77 bits per heavy atom. The van der Waals surface area contributed by atoms with Crippen LogP contribution >= 0.6 is 0 Å². The van der Waals surface area contributed by atoms with Crippen molar-refractivity contribution in [1.82, 2.24) is 14.9 Å². The Labute approximate surface area is 205 Å². The van der Waals surface area contributed by atoms with Gasteiger partial charge in [-0.05, 0) is 61.8 Å². The first-order chi connectivity index (χ1) is 17.0. The van der Waals surface area contributed by atoms with E-state index < -0.39 is 11.6 Å². The van der Waals surface area contributed by atoms with Crippen LogP contribution in [0.4, 0.5) is 14.7 Å². The number of rotatable bonds is 9. The van der Waals surface area contributed by atoms with Crippen molar-refractivity contribution in [2.24, 2.45) is 17.8 Å². The summed E-state index contributed by atoms with van der Waals surface area (Å²) in [5.41, 5.74) is 0.986. The third kappa shape index (κ3) is 5.57. The van der Waals surface area contributed by atoms with Gasteiger partial charge < -0.3 is 14.5 Å². The van der Waals surface area contributed by atoms with Gasteiger partial charge in [0.2, 0.25) is 11.9 Å². The molecule has 0 radical (unpaired) electrons. The van der Waals surface area contributed by atoms with Gasteiger partial charge in [0.05, 0.1) is 13.0 Å². The van der Waals surface area contributed by atoms with Crippen molar-refractivity contribution in [3.63, 3.8) is 0 Å². The molecule has 0 spiro atoms. The van der Waals surface area contributed by atoms with Gasteiger partial charge in [0.15, 0.2) is 0 Å². The average Bonchev–Trinajstić information content (AvgIpc) is 3.60. The third-order valence-corrected chi connectivity index (χ3v) is 7.91. The Kier molecular flexibility index (Phi) is 7.16. The maximum atomic E-state index is 14.4. The molecule has 1 saturated carbocycles. The van der Waals surface area contributed by atoms with E-state index in [0.717, 1.165) is 56.7 Å². The van der Waals surface area contributed by atoms with Crippen molar-refractivity contribution in [3.8, 4) is 5.75 Å². The predicted molar refractivity (Wildman–Crippen MR) is 129 cm³/mol. The number of hydrogen-bond acceptors (Lipinski definition) is 5. The number of carbonyl (C=O) groups excluding carboxylic acids is 1. The van der Waals surface area contributed by atoms with Crippen LogP contribution in [0.2, 0.25) is 0 Å². The molecule has 3 heterocycles. The molecule has 5 rings (SSSR count). The highest BCUT2D eigenvalue weighted by Crippen LogP contribution is 2.49. The maximum Gasteiger partial charge on any atom is 0.227 e. The summed E-state index contributed by atoms with van der Waals surface area (Å²) < 4.78 is 34.6. The summed E-state index contributed by atoms with van der Waals surface area (Å²) in [6, 6.07) is 2.41. The normalized spacial score (nSPS) is 22.1. The van der Waals surface area contributed by atoms with E-state index in [1.54, 1.807) is 4.90 Å². The number of ether oxygens (including phenoxy) is 1. The van der Waals surface area contributed by atoms with Crippen LogP contribution in [0.3, 0.4) is 0 Å². The summed E-state index contributed by atoms with van der Waals surface area (Å²) in [6.45, 7) is 5.87. The Balaban J connectivity index is 1.04. The van der Waals surface area contributed by atoms with Crippen LogP contribution in [0.1, 0.15) is 50.2 Å². The quantitative estimate of drug-likeness (QED) is 0.528. The fourth-order valence-electron chi connectivity index (χ4n) is 5.39. The molecular formula is C27H34F2N4O2. The average molecular weight is 485 g/mol. The van der Waals surface area contributed by atoms with Crippen molar-refractivity contribution in [2.45, 2.75) is 51.9 Å². The topological polar surface area (TPSA) is 58.6 Å². The van der Waals surface area contributed by atoms with E-state index in [2.05, 4.69) is 21.8 Å². The summed E-state index contributed by atoms with van der Waals surface area (Å²) in [5.74, 6) is 1.43. The van der Waals surface area contributed by atoms with E-state index in [9.17, 15) is 13.6 Å². The van der Waals surface area contributed by atoms with Crippen LogP contribution in [0, 0.1) is 29.4 Å². The SMILES string of the molecule is CCc1cnc(N2CCC([C@@H]3C[C@@H]3CCOc3cc(F)c(CC(=O)N4CCC4)c(F)c3)CC2)nc1. The second-order valence-electron chi connectivity index (χ2n) is 10.1. The number of benzene rings is 1. The maximum absolute atomic E-state index is 14.4. The van der Waals surface area contributed by atoms with E-state index in [0.29, 0.717) is 37.5 Å². The highest BCUT2D eigenvalue weighted by molar-refractivity contribution is 5.79. The molecule has 8 heteroatoms. The molecule has 2 atom stereocenters. The zero-order chi connectivity index (χ0) is 24.4. The molecule has 0 N–H and O–H groups in total. The van der Waals surface area contributed by atoms with Crippen LogP contribution in [0.5, 0.6) is 5.75 Å². The van der Waals surface area contributed by atoms with Crippen LogP contribution in [0.15, 0.2) is 24.5 Å². The first-order valence-corrected chi connectivity index (χ1v) is 13.0. The number of amides is 1. The lowest BCUT2D eigenvalue weighted by atomic mass is 9.90. The summed E-state index contributed by atoms with van der Waals surface area (Å²) >= 11 is 0. The number of aromatic nitrogens is 2. The van der Waals surface area contributed by atoms with E-state index in [4.69, 9.17) is 4.74 Å². The molecule has 1 amide bonds. The van der Waals surface area contributed by atoms with Gasteiger partial charge >= 0.3 is 0 Å². The Hall–Kier alpha value is -2.77. The summed E-state index contributed by atoms with van der Waals surface area (Å²) in [5, 5.41) is 0. The number of halogens is 2. The van der Waals surface area contributed by atoms with Gasteiger partial charge in [-0.3, -0.25) is 4.79 Å². The molecule has 1 aromatic heterocycles. The molecule has 2 aliphatic heterocycles. The van der Waals surface area contributed by atoms with Gasteiger partial charge in [-0.2, -0.15) is 0 Å². The highest BCUT2D eigenvalue weighted by Gasteiger charge is 2.43. The Morgan fingerprint density at radius 3 is 2.37 bits per heavy atom. The van der Waals surface area contributed by atoms with Crippen molar-refractivity contribution in [3.05, 3.63) is 47.3 Å². The summed E-state index contributed by atoms with van der Waals surface area (Å²) in [4.78, 5) is 25.0. The highest BCUT2D eigenvalue weighted by atomic mass is 19.1. The molecule has 188 valence electrons. The molecule has 2 saturated heterocycles. The molecule has 1 aromatic carbocycles.